The minimum atomic E-state index is -2.07. The number of unbranched alkanes of at least 4 members (excludes halogenated alkanes) is 3. The van der Waals surface area contributed by atoms with Gasteiger partial charge in [0, 0.05) is 26.1 Å². The van der Waals surface area contributed by atoms with Gasteiger partial charge in [-0.3, -0.25) is 4.79 Å². The molecule has 2 aliphatic heterocycles. The third-order valence-electron chi connectivity index (χ3n) is 12.1. The van der Waals surface area contributed by atoms with E-state index in [4.69, 9.17) is 42.6 Å². The fraction of sp³-hybridized carbons (Fsp3) is 0.887. The van der Waals surface area contributed by atoms with Crippen LogP contribution in [0.15, 0.2) is 0 Å². The zero-order valence-electron chi connectivity index (χ0n) is 49.5. The second-order valence-corrected chi connectivity index (χ2v) is 25.4. The normalized spacial score (nSPS) is 29.7. The Hall–Kier alpha value is -4.54. The summed E-state index contributed by atoms with van der Waals surface area (Å²) in [4.78, 5) is 82.4. The summed E-state index contributed by atoms with van der Waals surface area (Å²) in [6, 6.07) is -6.12. The zero-order valence-corrected chi connectivity index (χ0v) is 49.5. The van der Waals surface area contributed by atoms with Crippen molar-refractivity contribution in [2.75, 3.05) is 19.6 Å². The Morgan fingerprint density at radius 3 is 1.35 bits per heavy atom. The lowest BCUT2D eigenvalue weighted by molar-refractivity contribution is -0.321. The van der Waals surface area contributed by atoms with Crippen molar-refractivity contribution in [2.45, 2.75) is 282 Å². The van der Waals surface area contributed by atoms with Gasteiger partial charge in [-0.25, -0.2) is 24.0 Å². The van der Waals surface area contributed by atoms with Crippen molar-refractivity contribution in [1.29, 1.82) is 0 Å². The number of nitrogens with one attached hydrogen (secondary N) is 5. The Kier molecular flexibility index (Phi) is 25.2. The van der Waals surface area contributed by atoms with Crippen molar-refractivity contribution in [1.82, 2.24) is 31.5 Å². The summed E-state index contributed by atoms with van der Waals surface area (Å²) in [7, 11) is 0. The fourth-order valence-electron chi connectivity index (χ4n) is 8.76. The van der Waals surface area contributed by atoms with Crippen LogP contribution in [0.2, 0.25) is 0 Å². The first-order valence-electron chi connectivity index (χ1n) is 27.5. The highest BCUT2D eigenvalue weighted by molar-refractivity contribution is 5.76. The molecule has 15 unspecified atom stereocenters. The Labute approximate surface area is 465 Å². The highest BCUT2D eigenvalue weighted by Crippen LogP contribution is 2.34. The van der Waals surface area contributed by atoms with Gasteiger partial charge in [0.25, 0.3) is 0 Å². The molecule has 0 aromatic heterocycles. The molecule has 0 radical (unpaired) electrons. The molecule has 0 aromatic rings. The minimum Gasteiger partial charge on any atom is -0.444 e. The molecule has 3 rings (SSSR count). The summed E-state index contributed by atoms with van der Waals surface area (Å²) in [6.07, 6.45) is -21.4. The zero-order chi connectivity index (χ0) is 60.2. The van der Waals surface area contributed by atoms with Gasteiger partial charge in [-0.2, -0.15) is 0 Å². The molecule has 1 saturated carbocycles. The second kappa shape index (κ2) is 28.9. The molecule has 10 N–H and O–H groups in total. The highest BCUT2D eigenvalue weighted by atomic mass is 16.7. The van der Waals surface area contributed by atoms with Gasteiger partial charge in [0.15, 0.2) is 12.6 Å². The van der Waals surface area contributed by atoms with E-state index in [9.17, 15) is 54.3 Å². The van der Waals surface area contributed by atoms with E-state index in [-0.39, 0.29) is 25.4 Å². The number of hydrogen-bond donors (Lipinski definition) is 10. The number of ether oxygens (including phenoxy) is 9. The van der Waals surface area contributed by atoms with E-state index in [0.717, 1.165) is 12.8 Å². The van der Waals surface area contributed by atoms with Gasteiger partial charge in [-0.15, -0.1) is 0 Å². The molecule has 3 aliphatic rings. The lowest BCUT2D eigenvalue weighted by Crippen LogP contribution is -2.71. The molecule has 0 aromatic carbocycles. The van der Waals surface area contributed by atoms with Gasteiger partial charge in [-0.05, 0) is 123 Å². The SMILES string of the molecule is CCCCCC(=O)N(CCCC)CC1OC(OC2C(NC(=O)OC(C)(C)C)CC(NC(=O)OC(C)(C)C)C(OC3OC(CNC(=O)OC(C)(C)C)C(O)C(O)C3NC(=O)OC(C)(C)C)C2O)C(O)C(NC(=O)OC(C)(C)C)C1O. The van der Waals surface area contributed by atoms with Crippen LogP contribution in [0.1, 0.15) is 163 Å². The van der Waals surface area contributed by atoms with Crippen LogP contribution in [-0.4, -0.2) is 206 Å². The summed E-state index contributed by atoms with van der Waals surface area (Å²) in [5.41, 5.74) is -5.15. The molecular weight excluding hydrogens is 1040 g/mol. The van der Waals surface area contributed by atoms with Crippen molar-refractivity contribution in [2.24, 2.45) is 0 Å². The Balaban J connectivity index is 2.27. The maximum absolute atomic E-state index is 13.8. The van der Waals surface area contributed by atoms with Crippen LogP contribution < -0.4 is 26.6 Å². The topological polar surface area (TPSA) is 350 Å². The van der Waals surface area contributed by atoms with E-state index < -0.39 is 163 Å². The molecule has 26 nitrogen and oxygen atoms in total. The van der Waals surface area contributed by atoms with Crippen LogP contribution in [0.3, 0.4) is 0 Å². The third-order valence-corrected chi connectivity index (χ3v) is 12.1. The largest absolute Gasteiger partial charge is 0.444 e. The average Bonchev–Trinajstić information content (AvgIpc) is 3.26. The van der Waals surface area contributed by atoms with Gasteiger partial charge in [0.2, 0.25) is 5.91 Å². The Bertz CT molecular complexity index is 1980. The van der Waals surface area contributed by atoms with Crippen LogP contribution in [0, 0.1) is 0 Å². The van der Waals surface area contributed by atoms with E-state index >= 15 is 0 Å². The smallest absolute Gasteiger partial charge is 0.408 e. The van der Waals surface area contributed by atoms with E-state index in [1.807, 2.05) is 13.8 Å². The maximum Gasteiger partial charge on any atom is 0.408 e. The summed E-state index contributed by atoms with van der Waals surface area (Å²) in [5, 5.41) is 73.0. The molecule has 458 valence electrons. The van der Waals surface area contributed by atoms with Gasteiger partial charge in [0.05, 0.1) is 18.1 Å². The summed E-state index contributed by atoms with van der Waals surface area (Å²) in [6.45, 7) is 27.6. The first-order valence-corrected chi connectivity index (χ1v) is 27.5. The number of alkyl carbamates (subject to hydrolysis) is 5. The quantitative estimate of drug-likeness (QED) is 0.0651. The number of carbonyl (C=O) groups is 6. The number of nitrogens with zero attached hydrogens (tertiary/aromatic N) is 1. The molecule has 2 saturated heterocycles. The molecule has 15 atom stereocenters. The first-order chi connectivity index (χ1) is 36.2. The minimum absolute atomic E-state index is 0.199. The molecule has 3 fully saturated rings. The van der Waals surface area contributed by atoms with Crippen LogP contribution in [-0.2, 0) is 47.4 Å². The summed E-state index contributed by atoms with van der Waals surface area (Å²) >= 11 is 0. The Morgan fingerprint density at radius 1 is 0.481 bits per heavy atom. The lowest BCUT2D eigenvalue weighted by atomic mass is 9.83. The van der Waals surface area contributed by atoms with Gasteiger partial charge < -0.3 is 99.6 Å². The van der Waals surface area contributed by atoms with E-state index in [1.165, 1.54) is 4.90 Å². The van der Waals surface area contributed by atoms with Crippen molar-refractivity contribution < 1.29 is 96.9 Å². The molecule has 1 aliphatic carbocycles. The van der Waals surface area contributed by atoms with Crippen molar-refractivity contribution in [3.8, 4) is 0 Å². The predicted molar refractivity (Wildman–Crippen MR) is 284 cm³/mol. The third kappa shape index (κ3) is 23.5. The van der Waals surface area contributed by atoms with E-state index in [2.05, 4.69) is 26.6 Å². The second-order valence-electron chi connectivity index (χ2n) is 25.4. The van der Waals surface area contributed by atoms with E-state index in [0.29, 0.717) is 19.3 Å². The van der Waals surface area contributed by atoms with Crippen LogP contribution in [0.25, 0.3) is 0 Å². The molecule has 79 heavy (non-hydrogen) atoms. The lowest BCUT2D eigenvalue weighted by Gasteiger charge is -2.50. The van der Waals surface area contributed by atoms with Crippen molar-refractivity contribution in [3.63, 3.8) is 0 Å². The predicted octanol–water partition coefficient (Wildman–Crippen LogP) is 3.72. The highest BCUT2D eigenvalue weighted by Gasteiger charge is 2.55. The summed E-state index contributed by atoms with van der Waals surface area (Å²) in [5.74, 6) is -0.226. The maximum atomic E-state index is 13.8. The number of hydrogen-bond acceptors (Lipinski definition) is 20. The van der Waals surface area contributed by atoms with Crippen LogP contribution in [0.4, 0.5) is 24.0 Å². The van der Waals surface area contributed by atoms with E-state index in [1.54, 1.807) is 104 Å². The molecular formula is C53H96N6O20. The van der Waals surface area contributed by atoms with Gasteiger partial charge in [-0.1, -0.05) is 33.1 Å². The monoisotopic (exact) mass is 1140 g/mol. The fourth-order valence-corrected chi connectivity index (χ4v) is 8.76. The van der Waals surface area contributed by atoms with Gasteiger partial charge >= 0.3 is 30.5 Å². The molecule has 6 amide bonds. The number of amides is 6. The summed E-state index contributed by atoms with van der Waals surface area (Å²) < 4.78 is 53.2. The molecule has 2 heterocycles. The molecule has 26 heteroatoms. The van der Waals surface area contributed by atoms with Gasteiger partial charge in [0.1, 0.15) is 89.0 Å². The number of aliphatic hydroxyl groups excluding tert-OH is 5. The van der Waals surface area contributed by atoms with Crippen LogP contribution in [0.5, 0.6) is 0 Å². The number of carbonyl (C=O) groups excluding carboxylic acids is 6. The number of aliphatic hydroxyl groups is 5. The van der Waals surface area contributed by atoms with Crippen molar-refractivity contribution in [3.05, 3.63) is 0 Å². The van der Waals surface area contributed by atoms with Crippen molar-refractivity contribution >= 4 is 36.4 Å². The first kappa shape index (κ1) is 68.7. The number of rotatable bonds is 19. The average molecular weight is 1140 g/mol. The van der Waals surface area contributed by atoms with Crippen LogP contribution >= 0.6 is 0 Å². The standard InChI is InChI=1S/C53H96N6O20/c1-18-20-22-23-32(60)59(24-21-19-2)27-31-35(61)33(57-47(69)78-52(12,13)14)38(64)43(72-31)74-41-29(56-46(68)77-51(9,10)11)25-28(55-45(67)76-50(6,7)8)40(39(41)65)73-42-34(58-48(70)79-53(15,16)17)37(63)36(62)30(71-42)26-54-44(66)75-49(3,4)5/h28-31,33-43,61-65H,18-27H2,1-17H3,(H,54,66)(H,55,67)(H,56,68)(H,57,69)(H,58,70). The Morgan fingerprint density at radius 2 is 0.899 bits per heavy atom. The molecule has 0 spiro atoms. The molecule has 0 bridgehead atoms.